The number of nitrogens with zero attached hydrogens (tertiary/aromatic N) is 2. The van der Waals surface area contributed by atoms with E-state index in [9.17, 15) is 0 Å². The molecule has 0 radical (unpaired) electrons. The first kappa shape index (κ1) is 11.8. The SMILES string of the molecule is CCC(CC)Nc1cc(C)nc(NC)n1. The van der Waals surface area contributed by atoms with Gasteiger partial charge in [-0.3, -0.25) is 0 Å². The fourth-order valence-electron chi connectivity index (χ4n) is 1.46. The highest BCUT2D eigenvalue weighted by Gasteiger charge is 2.05. The maximum Gasteiger partial charge on any atom is 0.224 e. The van der Waals surface area contributed by atoms with Gasteiger partial charge in [-0.2, -0.15) is 4.98 Å². The Hall–Kier alpha value is -1.32. The predicted octanol–water partition coefficient (Wildman–Crippen LogP) is 2.43. The van der Waals surface area contributed by atoms with Crippen LogP contribution in [0.2, 0.25) is 0 Å². The van der Waals surface area contributed by atoms with Gasteiger partial charge >= 0.3 is 0 Å². The predicted molar refractivity (Wildman–Crippen MR) is 64.3 cm³/mol. The molecular formula is C11H20N4. The molecule has 0 aromatic carbocycles. The Balaban J connectivity index is 2.79. The van der Waals surface area contributed by atoms with E-state index in [2.05, 4.69) is 34.4 Å². The standard InChI is InChI=1S/C11H20N4/c1-5-9(6-2)14-10-7-8(3)13-11(12-4)15-10/h7,9H,5-6H2,1-4H3,(H2,12,13,14,15). The number of anilines is 2. The van der Waals surface area contributed by atoms with Gasteiger partial charge in [0.15, 0.2) is 0 Å². The van der Waals surface area contributed by atoms with Crippen LogP contribution in [0.15, 0.2) is 6.07 Å². The van der Waals surface area contributed by atoms with Gasteiger partial charge < -0.3 is 10.6 Å². The topological polar surface area (TPSA) is 49.8 Å². The first-order chi connectivity index (χ1) is 7.19. The fourth-order valence-corrected chi connectivity index (χ4v) is 1.46. The molecule has 0 saturated heterocycles. The molecule has 4 nitrogen and oxygen atoms in total. The summed E-state index contributed by atoms with van der Waals surface area (Å²) in [6.07, 6.45) is 2.21. The van der Waals surface area contributed by atoms with Gasteiger partial charge in [-0.1, -0.05) is 13.8 Å². The van der Waals surface area contributed by atoms with Crippen LogP contribution in [0.1, 0.15) is 32.4 Å². The van der Waals surface area contributed by atoms with Crippen molar-refractivity contribution in [3.05, 3.63) is 11.8 Å². The molecule has 1 rings (SSSR count). The number of aryl methyl sites for hydroxylation is 1. The van der Waals surface area contributed by atoms with Gasteiger partial charge in [0.05, 0.1) is 0 Å². The summed E-state index contributed by atoms with van der Waals surface area (Å²) in [5, 5.41) is 6.36. The quantitative estimate of drug-likeness (QED) is 0.780. The summed E-state index contributed by atoms with van der Waals surface area (Å²) in [5.41, 5.74) is 0.975. The van der Waals surface area contributed by atoms with E-state index in [1.165, 1.54) is 0 Å². The Morgan fingerprint density at radius 3 is 2.47 bits per heavy atom. The van der Waals surface area contributed by atoms with Crippen LogP contribution >= 0.6 is 0 Å². The molecule has 0 saturated carbocycles. The summed E-state index contributed by atoms with van der Waals surface area (Å²) in [5.74, 6) is 1.57. The van der Waals surface area contributed by atoms with Crippen molar-refractivity contribution in [2.75, 3.05) is 17.7 Å². The molecule has 4 heteroatoms. The second-order valence-electron chi connectivity index (χ2n) is 3.63. The molecule has 1 heterocycles. The van der Waals surface area contributed by atoms with Crippen LogP contribution < -0.4 is 10.6 Å². The Morgan fingerprint density at radius 2 is 1.93 bits per heavy atom. The number of aromatic nitrogens is 2. The Bertz CT molecular complexity index is 307. The zero-order chi connectivity index (χ0) is 11.3. The van der Waals surface area contributed by atoms with Crippen molar-refractivity contribution in [3.8, 4) is 0 Å². The minimum absolute atomic E-state index is 0.490. The summed E-state index contributed by atoms with van der Waals surface area (Å²) >= 11 is 0. The van der Waals surface area contributed by atoms with E-state index in [4.69, 9.17) is 0 Å². The molecular weight excluding hydrogens is 188 g/mol. The lowest BCUT2D eigenvalue weighted by atomic mass is 10.2. The highest BCUT2D eigenvalue weighted by molar-refractivity contribution is 5.42. The van der Waals surface area contributed by atoms with Crippen molar-refractivity contribution in [1.82, 2.24) is 9.97 Å². The lowest BCUT2D eigenvalue weighted by molar-refractivity contribution is 0.668. The van der Waals surface area contributed by atoms with Gasteiger partial charge in [0.1, 0.15) is 5.82 Å². The molecule has 0 aliphatic heterocycles. The van der Waals surface area contributed by atoms with Gasteiger partial charge in [-0.25, -0.2) is 4.98 Å². The second kappa shape index (κ2) is 5.53. The maximum absolute atomic E-state index is 4.35. The van der Waals surface area contributed by atoms with Crippen LogP contribution in [-0.4, -0.2) is 23.1 Å². The van der Waals surface area contributed by atoms with Crippen LogP contribution in [0.5, 0.6) is 0 Å². The fraction of sp³-hybridized carbons (Fsp3) is 0.636. The Morgan fingerprint density at radius 1 is 1.27 bits per heavy atom. The molecule has 2 N–H and O–H groups in total. The van der Waals surface area contributed by atoms with Gasteiger partial charge in [0.25, 0.3) is 0 Å². The lowest BCUT2D eigenvalue weighted by Gasteiger charge is -2.16. The average molecular weight is 208 g/mol. The molecule has 0 unspecified atom stereocenters. The molecule has 0 bridgehead atoms. The molecule has 0 spiro atoms. The summed E-state index contributed by atoms with van der Waals surface area (Å²) in [7, 11) is 1.83. The normalized spacial score (nSPS) is 10.5. The molecule has 0 amide bonds. The first-order valence-corrected chi connectivity index (χ1v) is 5.49. The molecule has 0 aliphatic rings. The van der Waals surface area contributed by atoms with Crippen LogP contribution in [0, 0.1) is 6.92 Å². The van der Waals surface area contributed by atoms with E-state index in [-0.39, 0.29) is 0 Å². The molecule has 84 valence electrons. The summed E-state index contributed by atoms with van der Waals surface area (Å²) in [6.45, 7) is 6.32. The monoisotopic (exact) mass is 208 g/mol. The van der Waals surface area contributed by atoms with E-state index < -0.39 is 0 Å². The van der Waals surface area contributed by atoms with E-state index in [1.807, 2.05) is 20.0 Å². The van der Waals surface area contributed by atoms with Crippen molar-refractivity contribution < 1.29 is 0 Å². The summed E-state index contributed by atoms with van der Waals surface area (Å²) < 4.78 is 0. The van der Waals surface area contributed by atoms with Crippen LogP contribution in [0.25, 0.3) is 0 Å². The van der Waals surface area contributed by atoms with Crippen LogP contribution in [0.4, 0.5) is 11.8 Å². The van der Waals surface area contributed by atoms with Crippen LogP contribution in [-0.2, 0) is 0 Å². The van der Waals surface area contributed by atoms with E-state index >= 15 is 0 Å². The Kier molecular flexibility index (Phi) is 4.34. The highest BCUT2D eigenvalue weighted by Crippen LogP contribution is 2.12. The third-order valence-electron chi connectivity index (χ3n) is 2.42. The molecule has 0 aliphatic carbocycles. The molecule has 1 aromatic rings. The van der Waals surface area contributed by atoms with Gasteiger partial charge in [0.2, 0.25) is 5.95 Å². The van der Waals surface area contributed by atoms with Gasteiger partial charge in [-0.05, 0) is 19.8 Å². The maximum atomic E-state index is 4.35. The summed E-state index contributed by atoms with van der Waals surface area (Å²) in [4.78, 5) is 8.60. The molecule has 1 aromatic heterocycles. The number of nitrogens with one attached hydrogen (secondary N) is 2. The van der Waals surface area contributed by atoms with E-state index in [0.717, 1.165) is 24.4 Å². The van der Waals surface area contributed by atoms with Crippen molar-refractivity contribution in [2.24, 2.45) is 0 Å². The zero-order valence-corrected chi connectivity index (χ0v) is 9.96. The molecule has 0 atom stereocenters. The third kappa shape index (κ3) is 3.38. The van der Waals surface area contributed by atoms with Gasteiger partial charge in [-0.15, -0.1) is 0 Å². The number of hydrogen-bond acceptors (Lipinski definition) is 4. The number of hydrogen-bond donors (Lipinski definition) is 2. The van der Waals surface area contributed by atoms with Crippen LogP contribution in [0.3, 0.4) is 0 Å². The Labute approximate surface area is 91.5 Å². The minimum atomic E-state index is 0.490. The molecule has 15 heavy (non-hydrogen) atoms. The molecule has 0 fully saturated rings. The third-order valence-corrected chi connectivity index (χ3v) is 2.42. The number of rotatable bonds is 5. The lowest BCUT2D eigenvalue weighted by Crippen LogP contribution is -2.18. The van der Waals surface area contributed by atoms with Crippen molar-refractivity contribution in [3.63, 3.8) is 0 Å². The summed E-state index contributed by atoms with van der Waals surface area (Å²) in [6, 6.07) is 2.46. The highest BCUT2D eigenvalue weighted by atomic mass is 15.1. The van der Waals surface area contributed by atoms with Gasteiger partial charge in [0, 0.05) is 24.8 Å². The van der Waals surface area contributed by atoms with E-state index in [0.29, 0.717) is 12.0 Å². The van der Waals surface area contributed by atoms with Crippen molar-refractivity contribution in [2.45, 2.75) is 39.7 Å². The second-order valence-corrected chi connectivity index (χ2v) is 3.63. The largest absolute Gasteiger partial charge is 0.367 e. The van der Waals surface area contributed by atoms with Crippen molar-refractivity contribution >= 4 is 11.8 Å². The minimum Gasteiger partial charge on any atom is -0.367 e. The first-order valence-electron chi connectivity index (χ1n) is 5.49. The zero-order valence-electron chi connectivity index (χ0n) is 9.96. The smallest absolute Gasteiger partial charge is 0.224 e. The van der Waals surface area contributed by atoms with E-state index in [1.54, 1.807) is 0 Å². The van der Waals surface area contributed by atoms with Crippen molar-refractivity contribution in [1.29, 1.82) is 0 Å². The average Bonchev–Trinajstić information content (AvgIpc) is 2.25.